The first kappa shape index (κ1) is 24.9. The van der Waals surface area contributed by atoms with Gasteiger partial charge in [-0.05, 0) is 12.5 Å². The fourth-order valence-electron chi connectivity index (χ4n) is 2.26. The maximum Gasteiger partial charge on any atom is 2.00 e. The summed E-state index contributed by atoms with van der Waals surface area (Å²) in [6, 6.07) is 3.51. The maximum atomic E-state index is 11.1. The molecule has 0 bridgehead atoms. The maximum absolute atomic E-state index is 11.1. The molecule has 1 aromatic rings. The number of primary amides is 1. The van der Waals surface area contributed by atoms with E-state index in [0.29, 0.717) is 12.3 Å². The SMILES string of the molecule is CCCCCCCCCCOC[n+]1cccc(C(N)=O)c1.[Cl-].[Mg+2]. The standard InChI is InChI=1S/C17H28N2O2.ClH.Mg/c1-2-3-4-5-6-7-8-9-13-21-15-19-12-10-11-16(14-19)17(18)20;;/h10-12,14H,2-9,13,15H2,1H3,(H-,18,20);1H;/q;;+2. The van der Waals surface area contributed by atoms with Gasteiger partial charge in [0.2, 0.25) is 0 Å². The van der Waals surface area contributed by atoms with Gasteiger partial charge in [0.05, 0.1) is 6.61 Å². The van der Waals surface area contributed by atoms with Crippen molar-refractivity contribution < 1.29 is 26.5 Å². The molecular weight excluding hydrogens is 324 g/mol. The molecule has 1 aromatic heterocycles. The Labute approximate surface area is 162 Å². The van der Waals surface area contributed by atoms with Gasteiger partial charge in [0.25, 0.3) is 12.6 Å². The molecule has 126 valence electrons. The van der Waals surface area contributed by atoms with Crippen molar-refractivity contribution in [1.82, 2.24) is 0 Å². The Morgan fingerprint density at radius 3 is 2.35 bits per heavy atom. The third-order valence-electron chi connectivity index (χ3n) is 3.53. The topological polar surface area (TPSA) is 56.2 Å². The molecule has 0 unspecified atom stereocenters. The minimum atomic E-state index is -0.410. The molecule has 0 aliphatic carbocycles. The number of pyridine rings is 1. The normalized spacial score (nSPS) is 9.78. The number of unbranched alkanes of at least 4 members (excludes halogenated alkanes) is 7. The van der Waals surface area contributed by atoms with Crippen LogP contribution in [0.1, 0.15) is 68.6 Å². The van der Waals surface area contributed by atoms with E-state index in [1.54, 1.807) is 18.3 Å². The molecular formula is C17H29ClMgN2O2+2. The van der Waals surface area contributed by atoms with Gasteiger partial charge >= 0.3 is 23.1 Å². The van der Waals surface area contributed by atoms with Crippen LogP contribution in [0.4, 0.5) is 0 Å². The molecule has 23 heavy (non-hydrogen) atoms. The Bertz CT molecular complexity index is 419. The number of nitrogens with two attached hydrogens (primary N) is 1. The summed E-state index contributed by atoms with van der Waals surface area (Å²) in [4.78, 5) is 11.1. The first-order valence-electron chi connectivity index (χ1n) is 8.10. The van der Waals surface area contributed by atoms with E-state index in [1.165, 1.54) is 44.9 Å². The summed E-state index contributed by atoms with van der Waals surface area (Å²) in [6.45, 7) is 3.48. The molecule has 0 aliphatic rings. The largest absolute Gasteiger partial charge is 2.00 e. The second-order valence-electron chi connectivity index (χ2n) is 5.48. The van der Waals surface area contributed by atoms with Crippen LogP contribution in [0.15, 0.2) is 24.5 Å². The van der Waals surface area contributed by atoms with E-state index >= 15 is 0 Å². The van der Waals surface area contributed by atoms with E-state index in [1.807, 2.05) is 10.8 Å². The van der Waals surface area contributed by atoms with Gasteiger partial charge in [-0.1, -0.05) is 51.9 Å². The smallest absolute Gasteiger partial charge is 1.00 e. The monoisotopic (exact) mass is 352 g/mol. The van der Waals surface area contributed by atoms with Crippen LogP contribution in [0.3, 0.4) is 0 Å². The van der Waals surface area contributed by atoms with E-state index in [9.17, 15) is 4.79 Å². The van der Waals surface area contributed by atoms with E-state index in [-0.39, 0.29) is 35.5 Å². The minimum absolute atomic E-state index is 0. The van der Waals surface area contributed by atoms with Crippen LogP contribution in [0, 0.1) is 0 Å². The van der Waals surface area contributed by atoms with Crippen LogP contribution in [0.5, 0.6) is 0 Å². The average Bonchev–Trinajstić information content (AvgIpc) is 2.49. The zero-order chi connectivity index (χ0) is 15.3. The molecule has 0 aliphatic heterocycles. The van der Waals surface area contributed by atoms with Gasteiger partial charge in [0.1, 0.15) is 5.56 Å². The van der Waals surface area contributed by atoms with Crippen molar-refractivity contribution in [2.75, 3.05) is 6.61 Å². The fourth-order valence-corrected chi connectivity index (χ4v) is 2.26. The molecule has 6 heteroatoms. The van der Waals surface area contributed by atoms with Crippen molar-refractivity contribution in [3.05, 3.63) is 30.1 Å². The molecule has 2 N–H and O–H groups in total. The van der Waals surface area contributed by atoms with E-state index in [4.69, 9.17) is 10.5 Å². The Morgan fingerprint density at radius 2 is 1.74 bits per heavy atom. The number of aromatic nitrogens is 1. The summed E-state index contributed by atoms with van der Waals surface area (Å²) in [5.41, 5.74) is 5.75. The van der Waals surface area contributed by atoms with Crippen molar-refractivity contribution in [1.29, 1.82) is 0 Å². The minimum Gasteiger partial charge on any atom is -1.00 e. The summed E-state index contributed by atoms with van der Waals surface area (Å²) in [6.07, 6.45) is 14.0. The Kier molecular flexibility index (Phi) is 17.8. The van der Waals surface area contributed by atoms with Gasteiger partial charge in [0, 0.05) is 6.07 Å². The van der Waals surface area contributed by atoms with Crippen LogP contribution in [0.25, 0.3) is 0 Å². The van der Waals surface area contributed by atoms with Gasteiger partial charge in [-0.15, -0.1) is 0 Å². The fraction of sp³-hybridized carbons (Fsp3) is 0.647. The molecule has 0 aromatic carbocycles. The van der Waals surface area contributed by atoms with Crippen molar-refractivity contribution in [2.45, 2.75) is 65.0 Å². The zero-order valence-electron chi connectivity index (χ0n) is 14.3. The van der Waals surface area contributed by atoms with Crippen molar-refractivity contribution in [2.24, 2.45) is 5.73 Å². The van der Waals surface area contributed by atoms with Crippen molar-refractivity contribution in [3.63, 3.8) is 0 Å². The van der Waals surface area contributed by atoms with E-state index in [2.05, 4.69) is 6.92 Å². The van der Waals surface area contributed by atoms with Gasteiger partial charge in [-0.3, -0.25) is 4.79 Å². The summed E-state index contributed by atoms with van der Waals surface area (Å²) in [7, 11) is 0. The molecule has 0 spiro atoms. The van der Waals surface area contributed by atoms with Crippen LogP contribution >= 0.6 is 0 Å². The third-order valence-corrected chi connectivity index (χ3v) is 3.53. The molecule has 0 saturated carbocycles. The number of halogens is 1. The number of hydrogen-bond acceptors (Lipinski definition) is 2. The van der Waals surface area contributed by atoms with Crippen LogP contribution in [0.2, 0.25) is 0 Å². The van der Waals surface area contributed by atoms with Gasteiger partial charge in [-0.25, -0.2) is 0 Å². The number of ether oxygens (including phenoxy) is 1. The number of amides is 1. The number of carbonyl (C=O) groups is 1. The first-order chi connectivity index (χ1) is 10.2. The molecule has 0 radical (unpaired) electrons. The molecule has 1 heterocycles. The predicted molar refractivity (Wildman–Crippen MR) is 89.5 cm³/mol. The summed E-state index contributed by atoms with van der Waals surface area (Å²) in [5.74, 6) is -0.410. The predicted octanol–water partition coefficient (Wildman–Crippen LogP) is -0.189. The van der Waals surface area contributed by atoms with Gasteiger partial charge in [0.15, 0.2) is 12.4 Å². The van der Waals surface area contributed by atoms with Crippen LogP contribution in [-0.4, -0.2) is 35.6 Å². The first-order valence-corrected chi connectivity index (χ1v) is 8.10. The Hall–Kier alpha value is -0.364. The molecule has 1 rings (SSSR count). The number of carbonyl (C=O) groups excluding carboxylic acids is 1. The Balaban J connectivity index is 0. The molecule has 0 fully saturated rings. The molecule has 0 atom stereocenters. The second kappa shape index (κ2) is 16.5. The second-order valence-corrected chi connectivity index (χ2v) is 5.48. The molecule has 4 nitrogen and oxygen atoms in total. The quantitative estimate of drug-likeness (QED) is 0.322. The van der Waals surface area contributed by atoms with Crippen molar-refractivity contribution >= 4 is 29.0 Å². The molecule has 1 amide bonds. The van der Waals surface area contributed by atoms with E-state index < -0.39 is 5.91 Å². The van der Waals surface area contributed by atoms with Gasteiger partial charge in [-0.2, -0.15) is 4.57 Å². The Morgan fingerprint density at radius 1 is 1.13 bits per heavy atom. The van der Waals surface area contributed by atoms with Gasteiger partial charge < -0.3 is 22.9 Å². The molecule has 0 saturated heterocycles. The number of hydrogen-bond donors (Lipinski definition) is 1. The summed E-state index contributed by atoms with van der Waals surface area (Å²) < 4.78 is 7.45. The van der Waals surface area contributed by atoms with Crippen molar-refractivity contribution in [3.8, 4) is 0 Å². The summed E-state index contributed by atoms with van der Waals surface area (Å²) >= 11 is 0. The van der Waals surface area contributed by atoms with Crippen LogP contribution < -0.4 is 22.7 Å². The third kappa shape index (κ3) is 12.7. The number of rotatable bonds is 12. The zero-order valence-corrected chi connectivity index (χ0v) is 16.5. The van der Waals surface area contributed by atoms with Crippen LogP contribution in [-0.2, 0) is 11.5 Å². The van der Waals surface area contributed by atoms with E-state index in [0.717, 1.165) is 13.0 Å². The summed E-state index contributed by atoms with van der Waals surface area (Å²) in [5, 5.41) is 0. The average molecular weight is 353 g/mol. The number of nitrogens with zero attached hydrogens (tertiary/aromatic N) is 1.